The van der Waals surface area contributed by atoms with Crippen molar-refractivity contribution in [2.24, 2.45) is 0 Å². The summed E-state index contributed by atoms with van der Waals surface area (Å²) in [5, 5.41) is 16.2. The first-order chi connectivity index (χ1) is 9.68. The van der Waals surface area contributed by atoms with E-state index in [2.05, 4.69) is 5.32 Å². The SMILES string of the molecule is O=C(NCC1(O)CCCCC1)c1csc2ccccc12. The predicted molar refractivity (Wildman–Crippen MR) is 82.2 cm³/mol. The number of rotatable bonds is 3. The maximum absolute atomic E-state index is 12.3. The molecule has 0 saturated heterocycles. The van der Waals surface area contributed by atoms with Crippen molar-refractivity contribution in [2.45, 2.75) is 37.7 Å². The summed E-state index contributed by atoms with van der Waals surface area (Å²) in [7, 11) is 0. The maximum atomic E-state index is 12.3. The first kappa shape index (κ1) is 13.6. The monoisotopic (exact) mass is 289 g/mol. The molecule has 4 heteroatoms. The van der Waals surface area contributed by atoms with Gasteiger partial charge in [-0.25, -0.2) is 0 Å². The third-order valence-corrected chi connectivity index (χ3v) is 5.05. The first-order valence-electron chi connectivity index (χ1n) is 7.15. The van der Waals surface area contributed by atoms with E-state index in [9.17, 15) is 9.90 Å². The summed E-state index contributed by atoms with van der Waals surface area (Å²) in [4.78, 5) is 12.3. The summed E-state index contributed by atoms with van der Waals surface area (Å²) in [5.41, 5.74) is 0.00438. The van der Waals surface area contributed by atoms with Crippen LogP contribution < -0.4 is 5.32 Å². The fourth-order valence-electron chi connectivity index (χ4n) is 2.88. The van der Waals surface area contributed by atoms with Crippen molar-refractivity contribution < 1.29 is 9.90 Å². The molecule has 0 spiro atoms. The fraction of sp³-hybridized carbons (Fsp3) is 0.438. The predicted octanol–water partition coefficient (Wildman–Crippen LogP) is 3.33. The normalized spacial score (nSPS) is 18.1. The number of thiophene rings is 1. The lowest BCUT2D eigenvalue weighted by Gasteiger charge is -2.32. The van der Waals surface area contributed by atoms with Gasteiger partial charge in [0.15, 0.2) is 0 Å². The highest BCUT2D eigenvalue weighted by molar-refractivity contribution is 7.17. The lowest BCUT2D eigenvalue weighted by Crippen LogP contribution is -2.44. The standard InChI is InChI=1S/C16H19NO2S/c18-15(17-11-16(19)8-4-1-5-9-16)13-10-20-14-7-3-2-6-12(13)14/h2-3,6-7,10,19H,1,4-5,8-9,11H2,(H,17,18). The molecule has 0 atom stereocenters. The number of amides is 1. The van der Waals surface area contributed by atoms with Crippen molar-refractivity contribution in [3.05, 3.63) is 35.2 Å². The molecule has 1 aromatic carbocycles. The Hall–Kier alpha value is -1.39. The minimum atomic E-state index is -0.709. The molecule has 0 unspecified atom stereocenters. The first-order valence-corrected chi connectivity index (χ1v) is 8.03. The van der Waals surface area contributed by atoms with Crippen LogP contribution in [0.5, 0.6) is 0 Å². The van der Waals surface area contributed by atoms with Crippen LogP contribution in [0.4, 0.5) is 0 Å². The Morgan fingerprint density at radius 2 is 2.00 bits per heavy atom. The molecule has 1 aromatic heterocycles. The van der Waals surface area contributed by atoms with Gasteiger partial charge in [-0.15, -0.1) is 11.3 Å². The zero-order chi connectivity index (χ0) is 14.0. The highest BCUT2D eigenvalue weighted by Crippen LogP contribution is 2.28. The van der Waals surface area contributed by atoms with Crippen molar-refractivity contribution >= 4 is 27.3 Å². The zero-order valence-corrected chi connectivity index (χ0v) is 12.2. The highest BCUT2D eigenvalue weighted by Gasteiger charge is 2.29. The number of hydrogen-bond donors (Lipinski definition) is 2. The van der Waals surface area contributed by atoms with Crippen molar-refractivity contribution in [1.29, 1.82) is 0 Å². The smallest absolute Gasteiger partial charge is 0.252 e. The van der Waals surface area contributed by atoms with E-state index in [1.54, 1.807) is 11.3 Å². The largest absolute Gasteiger partial charge is 0.388 e. The number of aliphatic hydroxyl groups is 1. The molecule has 0 radical (unpaired) electrons. The summed E-state index contributed by atoms with van der Waals surface area (Å²) in [6.07, 6.45) is 4.86. The molecule has 1 amide bonds. The molecule has 20 heavy (non-hydrogen) atoms. The van der Waals surface area contributed by atoms with Crippen LogP contribution in [-0.2, 0) is 0 Å². The van der Waals surface area contributed by atoms with Crippen LogP contribution >= 0.6 is 11.3 Å². The Balaban J connectivity index is 1.70. The van der Waals surface area contributed by atoms with Gasteiger partial charge in [-0.3, -0.25) is 4.79 Å². The van der Waals surface area contributed by atoms with Crippen molar-refractivity contribution in [2.75, 3.05) is 6.54 Å². The average Bonchev–Trinajstić information content (AvgIpc) is 2.90. The van der Waals surface area contributed by atoms with E-state index in [0.717, 1.165) is 35.8 Å². The second-order valence-electron chi connectivity index (χ2n) is 5.61. The quantitative estimate of drug-likeness (QED) is 0.910. The topological polar surface area (TPSA) is 49.3 Å². The fourth-order valence-corrected chi connectivity index (χ4v) is 3.82. The van der Waals surface area contributed by atoms with Gasteiger partial charge in [-0.05, 0) is 18.9 Å². The van der Waals surface area contributed by atoms with Crippen LogP contribution in [0.1, 0.15) is 42.5 Å². The summed E-state index contributed by atoms with van der Waals surface area (Å²) < 4.78 is 1.12. The molecule has 1 fully saturated rings. The van der Waals surface area contributed by atoms with Gasteiger partial charge < -0.3 is 10.4 Å². The van der Waals surface area contributed by atoms with Crippen LogP contribution in [0, 0.1) is 0 Å². The van der Waals surface area contributed by atoms with Gasteiger partial charge in [0.1, 0.15) is 0 Å². The summed E-state index contributed by atoms with van der Waals surface area (Å²) in [6, 6.07) is 7.91. The summed E-state index contributed by atoms with van der Waals surface area (Å²) >= 11 is 1.58. The van der Waals surface area contributed by atoms with Crippen molar-refractivity contribution in [1.82, 2.24) is 5.32 Å². The Kier molecular flexibility index (Phi) is 3.76. The molecule has 1 saturated carbocycles. The number of benzene rings is 1. The molecule has 1 heterocycles. The van der Waals surface area contributed by atoms with Crippen LogP contribution in [0.15, 0.2) is 29.6 Å². The van der Waals surface area contributed by atoms with E-state index in [4.69, 9.17) is 0 Å². The van der Waals surface area contributed by atoms with Crippen LogP contribution in [0.25, 0.3) is 10.1 Å². The molecular formula is C16H19NO2S. The van der Waals surface area contributed by atoms with Crippen LogP contribution in [0.2, 0.25) is 0 Å². The number of hydrogen-bond acceptors (Lipinski definition) is 3. The second-order valence-corrected chi connectivity index (χ2v) is 6.52. The van der Waals surface area contributed by atoms with Gasteiger partial charge in [0.05, 0.1) is 11.2 Å². The average molecular weight is 289 g/mol. The molecule has 3 rings (SSSR count). The van der Waals surface area contributed by atoms with Gasteiger partial charge in [0, 0.05) is 22.0 Å². The van der Waals surface area contributed by atoms with Gasteiger partial charge in [-0.1, -0.05) is 37.5 Å². The second kappa shape index (κ2) is 5.54. The molecule has 1 aliphatic carbocycles. The number of fused-ring (bicyclic) bond motifs is 1. The third kappa shape index (κ3) is 2.72. The highest BCUT2D eigenvalue weighted by atomic mass is 32.1. The third-order valence-electron chi connectivity index (χ3n) is 4.09. The molecule has 1 aliphatic rings. The zero-order valence-electron chi connectivity index (χ0n) is 11.4. The molecule has 3 nitrogen and oxygen atoms in total. The Bertz CT molecular complexity index is 614. The van der Waals surface area contributed by atoms with E-state index in [1.165, 1.54) is 6.42 Å². The van der Waals surface area contributed by atoms with E-state index in [-0.39, 0.29) is 5.91 Å². The van der Waals surface area contributed by atoms with Crippen molar-refractivity contribution in [3.63, 3.8) is 0 Å². The molecule has 0 aliphatic heterocycles. The minimum Gasteiger partial charge on any atom is -0.388 e. The maximum Gasteiger partial charge on any atom is 0.252 e. The molecule has 0 bridgehead atoms. The van der Waals surface area contributed by atoms with Gasteiger partial charge >= 0.3 is 0 Å². The van der Waals surface area contributed by atoms with Crippen molar-refractivity contribution in [3.8, 4) is 0 Å². The van der Waals surface area contributed by atoms with Gasteiger partial charge in [-0.2, -0.15) is 0 Å². The van der Waals surface area contributed by atoms with Crippen LogP contribution in [-0.4, -0.2) is 23.2 Å². The summed E-state index contributed by atoms with van der Waals surface area (Å²) in [6.45, 7) is 0.357. The Labute approximate surface area is 122 Å². The lowest BCUT2D eigenvalue weighted by molar-refractivity contribution is 0.00527. The molecule has 2 aromatic rings. The summed E-state index contributed by atoms with van der Waals surface area (Å²) in [5.74, 6) is -0.0820. The van der Waals surface area contributed by atoms with Crippen LogP contribution in [0.3, 0.4) is 0 Å². The molecule has 106 valence electrons. The minimum absolute atomic E-state index is 0.0820. The van der Waals surface area contributed by atoms with Gasteiger partial charge in [0.2, 0.25) is 0 Å². The number of carbonyl (C=O) groups excluding carboxylic acids is 1. The molecule has 2 N–H and O–H groups in total. The molecular weight excluding hydrogens is 270 g/mol. The number of carbonyl (C=O) groups is 1. The Morgan fingerprint density at radius 3 is 2.80 bits per heavy atom. The van der Waals surface area contributed by atoms with E-state index >= 15 is 0 Å². The van der Waals surface area contributed by atoms with E-state index in [0.29, 0.717) is 12.1 Å². The lowest BCUT2D eigenvalue weighted by atomic mass is 9.85. The van der Waals surface area contributed by atoms with E-state index in [1.807, 2.05) is 29.6 Å². The number of nitrogens with one attached hydrogen (secondary N) is 1. The Morgan fingerprint density at radius 1 is 1.25 bits per heavy atom. The van der Waals surface area contributed by atoms with E-state index < -0.39 is 5.60 Å². The van der Waals surface area contributed by atoms with Gasteiger partial charge in [0.25, 0.3) is 5.91 Å².